The average Bonchev–Trinajstić information content (AvgIpc) is 3.44. The molecule has 32 heavy (non-hydrogen) atoms. The Kier molecular flexibility index (Phi) is 5.58. The molecule has 2 N–H and O–H groups in total. The number of amides is 2. The number of sulfonamides is 1. The second-order valence-electron chi connectivity index (χ2n) is 8.91. The van der Waals surface area contributed by atoms with Crippen LogP contribution in [0.3, 0.4) is 0 Å². The summed E-state index contributed by atoms with van der Waals surface area (Å²) in [6.07, 6.45) is 10.1. The zero-order valence-electron chi connectivity index (χ0n) is 18.3. The maximum atomic E-state index is 12.9. The molecule has 2 heterocycles. The van der Waals surface area contributed by atoms with Gasteiger partial charge in [0.25, 0.3) is 10.0 Å². The Morgan fingerprint density at radius 2 is 2.03 bits per heavy atom. The molecule has 2 amide bonds. The number of aryl methyl sites for hydroxylation is 3. The molecular formula is C22H29N5O4S. The summed E-state index contributed by atoms with van der Waals surface area (Å²) in [5.74, 6) is -0.350. The number of hydrogen-bond donors (Lipinski definition) is 2. The fourth-order valence-corrected chi connectivity index (χ4v) is 6.01. The summed E-state index contributed by atoms with van der Waals surface area (Å²) in [6, 6.07) is 1.54. The van der Waals surface area contributed by atoms with Gasteiger partial charge in [-0.15, -0.1) is 0 Å². The van der Waals surface area contributed by atoms with Gasteiger partial charge in [0.15, 0.2) is 0 Å². The van der Waals surface area contributed by atoms with Gasteiger partial charge < -0.3 is 15.0 Å². The SMILES string of the molecule is Cn1cc(N(C[C@@H]2CCCO2)CS(=O)(=O)NC(=O)Nc2c3c(cc4c2CC4)CCC3)cn1. The highest BCUT2D eigenvalue weighted by atomic mass is 32.2. The van der Waals surface area contributed by atoms with Crippen molar-refractivity contribution in [2.24, 2.45) is 7.05 Å². The van der Waals surface area contributed by atoms with E-state index in [0.717, 1.165) is 61.8 Å². The highest BCUT2D eigenvalue weighted by Gasteiger charge is 2.29. The highest BCUT2D eigenvalue weighted by molar-refractivity contribution is 7.90. The smallest absolute Gasteiger partial charge is 0.332 e. The lowest BCUT2D eigenvalue weighted by atomic mass is 9.83. The topological polar surface area (TPSA) is 106 Å². The van der Waals surface area contributed by atoms with E-state index >= 15 is 0 Å². The number of carbonyl (C=O) groups is 1. The predicted molar refractivity (Wildman–Crippen MR) is 121 cm³/mol. The van der Waals surface area contributed by atoms with E-state index in [9.17, 15) is 13.2 Å². The maximum Gasteiger partial charge on any atom is 0.332 e. The lowest BCUT2D eigenvalue weighted by Crippen LogP contribution is -2.44. The van der Waals surface area contributed by atoms with E-state index in [-0.39, 0.29) is 12.0 Å². The number of urea groups is 1. The average molecular weight is 460 g/mol. The molecule has 0 saturated carbocycles. The summed E-state index contributed by atoms with van der Waals surface area (Å²) >= 11 is 0. The lowest BCUT2D eigenvalue weighted by molar-refractivity contribution is 0.116. The Hall–Kier alpha value is -2.59. The van der Waals surface area contributed by atoms with Crippen LogP contribution in [0.5, 0.6) is 0 Å². The summed E-state index contributed by atoms with van der Waals surface area (Å²) in [4.78, 5) is 14.4. The van der Waals surface area contributed by atoms with Crippen molar-refractivity contribution in [2.45, 2.75) is 51.0 Å². The molecule has 1 atom stereocenters. The number of nitrogens with one attached hydrogen (secondary N) is 2. The molecule has 0 bridgehead atoms. The zero-order valence-corrected chi connectivity index (χ0v) is 19.1. The zero-order chi connectivity index (χ0) is 22.3. The fraction of sp³-hybridized carbons (Fsp3) is 0.545. The summed E-state index contributed by atoms with van der Waals surface area (Å²) in [5.41, 5.74) is 6.34. The van der Waals surface area contributed by atoms with Crippen LogP contribution in [-0.2, 0) is 47.5 Å². The van der Waals surface area contributed by atoms with E-state index in [1.807, 2.05) is 0 Å². The number of carbonyl (C=O) groups excluding carboxylic acids is 1. The van der Waals surface area contributed by atoms with E-state index < -0.39 is 16.1 Å². The number of ether oxygens (including phenoxy) is 1. The molecule has 0 spiro atoms. The summed E-state index contributed by atoms with van der Waals surface area (Å²) in [5, 5.41) is 7.02. The van der Waals surface area contributed by atoms with Crippen molar-refractivity contribution in [3.63, 3.8) is 0 Å². The first-order valence-electron chi connectivity index (χ1n) is 11.2. The van der Waals surface area contributed by atoms with Gasteiger partial charge in [-0.05, 0) is 67.2 Å². The number of fused-ring (bicyclic) bond motifs is 2. The monoisotopic (exact) mass is 459 g/mol. The normalized spacial score (nSPS) is 19.2. The van der Waals surface area contributed by atoms with Crippen molar-refractivity contribution < 1.29 is 17.9 Å². The molecule has 1 aliphatic heterocycles. The number of aromatic nitrogens is 2. The van der Waals surface area contributed by atoms with Crippen LogP contribution in [0.2, 0.25) is 0 Å². The highest BCUT2D eigenvalue weighted by Crippen LogP contribution is 2.39. The van der Waals surface area contributed by atoms with Crippen LogP contribution in [0.25, 0.3) is 0 Å². The van der Waals surface area contributed by atoms with Crippen LogP contribution in [0.4, 0.5) is 16.2 Å². The Bertz CT molecular complexity index is 1140. The van der Waals surface area contributed by atoms with E-state index in [0.29, 0.717) is 18.8 Å². The van der Waals surface area contributed by atoms with Crippen LogP contribution in [0, 0.1) is 0 Å². The largest absolute Gasteiger partial charge is 0.376 e. The third-order valence-electron chi connectivity index (χ3n) is 6.56. The lowest BCUT2D eigenvalue weighted by Gasteiger charge is -2.27. The van der Waals surface area contributed by atoms with Crippen LogP contribution in [-0.4, -0.2) is 49.4 Å². The van der Waals surface area contributed by atoms with E-state index in [1.54, 1.807) is 29.0 Å². The van der Waals surface area contributed by atoms with Crippen LogP contribution < -0.4 is 14.9 Å². The van der Waals surface area contributed by atoms with Gasteiger partial charge in [0.05, 0.1) is 18.0 Å². The number of benzene rings is 1. The molecule has 10 heteroatoms. The Labute approximate surface area is 188 Å². The van der Waals surface area contributed by atoms with Gasteiger partial charge in [-0.3, -0.25) is 4.68 Å². The number of rotatable bonds is 7. The molecule has 9 nitrogen and oxygen atoms in total. The second-order valence-corrected chi connectivity index (χ2v) is 10.6. The predicted octanol–water partition coefficient (Wildman–Crippen LogP) is 2.10. The third kappa shape index (κ3) is 4.33. The molecule has 0 radical (unpaired) electrons. The first-order chi connectivity index (χ1) is 15.4. The van der Waals surface area contributed by atoms with Gasteiger partial charge in [0.2, 0.25) is 0 Å². The van der Waals surface area contributed by atoms with Gasteiger partial charge in [0, 0.05) is 32.1 Å². The summed E-state index contributed by atoms with van der Waals surface area (Å²) < 4.78 is 35.4. The van der Waals surface area contributed by atoms with Gasteiger partial charge in [0.1, 0.15) is 5.88 Å². The van der Waals surface area contributed by atoms with Crippen LogP contribution >= 0.6 is 0 Å². The standard InChI is InChI=1S/C22H29N5O4S/c1-26-12-17(11-23-26)27(13-18-5-3-9-31-18)14-32(29,30)25-22(28)24-21-19-6-2-4-15(19)10-16-7-8-20(16)21/h10-12,18H,2-9,13-14H2,1H3,(H2,24,25,28)/t18-/m0/s1. The molecule has 1 aromatic heterocycles. The van der Waals surface area contributed by atoms with E-state index in [2.05, 4.69) is 21.2 Å². The minimum absolute atomic E-state index is 0.0371. The molecule has 2 aromatic rings. The summed E-state index contributed by atoms with van der Waals surface area (Å²) in [6.45, 7) is 1.11. The van der Waals surface area contributed by atoms with Gasteiger partial charge >= 0.3 is 6.03 Å². The van der Waals surface area contributed by atoms with Gasteiger partial charge in [-0.25, -0.2) is 17.9 Å². The van der Waals surface area contributed by atoms with Crippen molar-refractivity contribution in [3.05, 3.63) is 40.7 Å². The van der Waals surface area contributed by atoms with Crippen molar-refractivity contribution in [2.75, 3.05) is 29.2 Å². The number of nitrogens with zero attached hydrogens (tertiary/aromatic N) is 3. The quantitative estimate of drug-likeness (QED) is 0.657. The fourth-order valence-electron chi connectivity index (χ4n) is 4.95. The molecule has 0 unspecified atom stereocenters. The molecule has 172 valence electrons. The minimum Gasteiger partial charge on any atom is -0.376 e. The van der Waals surface area contributed by atoms with Crippen molar-refractivity contribution >= 4 is 27.4 Å². The van der Waals surface area contributed by atoms with Crippen molar-refractivity contribution in [1.29, 1.82) is 0 Å². The molecule has 3 aliphatic rings. The number of hydrogen-bond acceptors (Lipinski definition) is 6. The molecule has 5 rings (SSSR count). The van der Waals surface area contributed by atoms with Crippen molar-refractivity contribution in [1.82, 2.24) is 14.5 Å². The Morgan fingerprint density at radius 1 is 1.22 bits per heavy atom. The Morgan fingerprint density at radius 3 is 2.72 bits per heavy atom. The molecular weight excluding hydrogens is 430 g/mol. The minimum atomic E-state index is -3.93. The van der Waals surface area contributed by atoms with Gasteiger partial charge in [-0.2, -0.15) is 5.10 Å². The summed E-state index contributed by atoms with van der Waals surface area (Å²) in [7, 11) is -2.15. The van der Waals surface area contributed by atoms with E-state index in [4.69, 9.17) is 4.74 Å². The maximum absolute atomic E-state index is 12.9. The van der Waals surface area contributed by atoms with E-state index in [1.165, 1.54) is 11.1 Å². The second kappa shape index (κ2) is 8.40. The van der Waals surface area contributed by atoms with Gasteiger partial charge in [-0.1, -0.05) is 6.07 Å². The third-order valence-corrected chi connectivity index (χ3v) is 7.71. The Balaban J connectivity index is 1.29. The molecule has 1 fully saturated rings. The first-order valence-corrected chi connectivity index (χ1v) is 12.9. The van der Waals surface area contributed by atoms with Crippen molar-refractivity contribution in [3.8, 4) is 0 Å². The molecule has 2 aliphatic carbocycles. The molecule has 1 aromatic carbocycles. The van der Waals surface area contributed by atoms with Crippen LogP contribution in [0.1, 0.15) is 41.5 Å². The first kappa shape index (κ1) is 21.3. The van der Waals surface area contributed by atoms with Crippen LogP contribution in [0.15, 0.2) is 18.5 Å². The number of anilines is 2. The molecule has 1 saturated heterocycles.